The van der Waals surface area contributed by atoms with Crippen LogP contribution in [0.25, 0.3) is 0 Å². The monoisotopic (exact) mass is 284 g/mol. The van der Waals surface area contributed by atoms with Gasteiger partial charge in [0.2, 0.25) is 0 Å². The Morgan fingerprint density at radius 2 is 1.81 bits per heavy atom. The molecule has 1 amide bonds. The second kappa shape index (κ2) is 6.09. The fourth-order valence-corrected chi connectivity index (χ4v) is 1.93. The number of nitrogen functional groups attached to an aromatic ring is 1. The van der Waals surface area contributed by atoms with E-state index >= 15 is 0 Å². The first-order valence-electron chi connectivity index (χ1n) is 6.54. The second-order valence-corrected chi connectivity index (χ2v) is 4.61. The van der Waals surface area contributed by atoms with Crippen LogP contribution in [-0.4, -0.2) is 17.0 Å². The number of carbonyl (C=O) groups excluding carboxylic acids is 1. The van der Waals surface area contributed by atoms with Crippen molar-refractivity contribution in [1.82, 2.24) is 0 Å². The van der Waals surface area contributed by atoms with E-state index in [1.165, 1.54) is 12.1 Å². The quantitative estimate of drug-likeness (QED) is 0.753. The first kappa shape index (κ1) is 14.6. The van der Waals surface area contributed by atoms with Crippen LogP contribution in [0.4, 0.5) is 11.4 Å². The molecule has 0 aliphatic heterocycles. The highest BCUT2D eigenvalue weighted by molar-refractivity contribution is 6.08. The molecule has 2 aromatic carbocycles. The topological polar surface area (TPSA) is 92.4 Å². The third-order valence-corrected chi connectivity index (χ3v) is 3.15. The van der Waals surface area contributed by atoms with E-state index in [4.69, 9.17) is 10.8 Å². The molecule has 0 heterocycles. The first-order valence-corrected chi connectivity index (χ1v) is 6.54. The molecule has 0 atom stereocenters. The largest absolute Gasteiger partial charge is 0.478 e. The van der Waals surface area contributed by atoms with Crippen LogP contribution in [0.5, 0.6) is 0 Å². The van der Waals surface area contributed by atoms with Crippen LogP contribution in [0.1, 0.15) is 33.2 Å². The summed E-state index contributed by atoms with van der Waals surface area (Å²) < 4.78 is 0. The first-order chi connectivity index (χ1) is 10.0. The molecule has 5 nitrogen and oxygen atoms in total. The lowest BCUT2D eigenvalue weighted by Gasteiger charge is -2.09. The lowest BCUT2D eigenvalue weighted by Crippen LogP contribution is -2.15. The molecule has 0 radical (unpaired) electrons. The Hall–Kier alpha value is -2.82. The van der Waals surface area contributed by atoms with Gasteiger partial charge in [-0.25, -0.2) is 4.79 Å². The van der Waals surface area contributed by atoms with Crippen LogP contribution in [0.15, 0.2) is 42.5 Å². The number of nitrogens with two attached hydrogens (primary N) is 1. The molecule has 0 saturated heterocycles. The molecule has 0 saturated carbocycles. The maximum absolute atomic E-state index is 12.1. The lowest BCUT2D eigenvalue weighted by molar-refractivity contribution is 0.0698. The predicted molar refractivity (Wildman–Crippen MR) is 81.6 cm³/mol. The lowest BCUT2D eigenvalue weighted by atomic mass is 10.1. The minimum Gasteiger partial charge on any atom is -0.478 e. The van der Waals surface area contributed by atoms with Crippen LogP contribution in [0, 0.1) is 0 Å². The van der Waals surface area contributed by atoms with Gasteiger partial charge in [0.15, 0.2) is 0 Å². The highest BCUT2D eigenvalue weighted by Gasteiger charge is 2.14. The van der Waals surface area contributed by atoms with Crippen molar-refractivity contribution in [3.8, 4) is 0 Å². The summed E-state index contributed by atoms with van der Waals surface area (Å²) in [6, 6.07) is 11.5. The number of aromatic carboxylic acids is 1. The number of carboxylic acids is 1. The number of rotatable bonds is 4. The van der Waals surface area contributed by atoms with E-state index in [2.05, 4.69) is 5.32 Å². The molecule has 0 bridgehead atoms. The number of anilines is 2. The summed E-state index contributed by atoms with van der Waals surface area (Å²) in [6.07, 6.45) is 0.892. The van der Waals surface area contributed by atoms with Gasteiger partial charge in [-0.3, -0.25) is 4.79 Å². The number of hydrogen-bond acceptors (Lipinski definition) is 3. The zero-order valence-electron chi connectivity index (χ0n) is 11.6. The summed E-state index contributed by atoms with van der Waals surface area (Å²) in [5, 5.41) is 11.7. The second-order valence-electron chi connectivity index (χ2n) is 4.61. The Kier molecular flexibility index (Phi) is 4.23. The Labute approximate surface area is 122 Å². The summed E-state index contributed by atoms with van der Waals surface area (Å²) in [4.78, 5) is 23.3. The van der Waals surface area contributed by atoms with Gasteiger partial charge < -0.3 is 16.2 Å². The molecule has 0 spiro atoms. The Balaban J connectivity index is 2.24. The highest BCUT2D eigenvalue weighted by Crippen LogP contribution is 2.20. The van der Waals surface area contributed by atoms with Crippen molar-refractivity contribution in [3.63, 3.8) is 0 Å². The third kappa shape index (κ3) is 3.39. The van der Waals surface area contributed by atoms with Crippen molar-refractivity contribution < 1.29 is 14.7 Å². The summed E-state index contributed by atoms with van der Waals surface area (Å²) in [6.45, 7) is 2.03. The number of carbonyl (C=O) groups is 2. The molecule has 21 heavy (non-hydrogen) atoms. The zero-order chi connectivity index (χ0) is 15.4. The van der Waals surface area contributed by atoms with Gasteiger partial charge in [-0.1, -0.05) is 19.1 Å². The SMILES string of the molecule is CCc1ccc(C(=O)Nc2ccc(N)cc2C(=O)O)cc1. The van der Waals surface area contributed by atoms with Crippen molar-refractivity contribution >= 4 is 23.3 Å². The Morgan fingerprint density at radius 3 is 2.38 bits per heavy atom. The van der Waals surface area contributed by atoms with Crippen molar-refractivity contribution in [2.45, 2.75) is 13.3 Å². The van der Waals surface area contributed by atoms with Gasteiger partial charge in [-0.05, 0) is 42.3 Å². The molecule has 0 aliphatic rings. The minimum absolute atomic E-state index is 0.0338. The molecule has 5 heteroatoms. The summed E-state index contributed by atoms with van der Waals surface area (Å²) in [7, 11) is 0. The Bertz CT molecular complexity index is 678. The van der Waals surface area contributed by atoms with Gasteiger partial charge in [0.1, 0.15) is 0 Å². The number of amides is 1. The molecule has 0 fully saturated rings. The van der Waals surface area contributed by atoms with E-state index in [1.807, 2.05) is 19.1 Å². The maximum atomic E-state index is 12.1. The molecular weight excluding hydrogens is 268 g/mol. The van der Waals surface area contributed by atoms with Gasteiger partial charge in [0.25, 0.3) is 5.91 Å². The van der Waals surface area contributed by atoms with E-state index in [0.29, 0.717) is 11.3 Å². The number of aryl methyl sites for hydroxylation is 1. The summed E-state index contributed by atoms with van der Waals surface area (Å²) in [5.41, 5.74) is 7.69. The van der Waals surface area contributed by atoms with E-state index in [0.717, 1.165) is 12.0 Å². The number of nitrogens with one attached hydrogen (secondary N) is 1. The number of hydrogen-bond donors (Lipinski definition) is 3. The van der Waals surface area contributed by atoms with Crippen LogP contribution in [-0.2, 0) is 6.42 Å². The van der Waals surface area contributed by atoms with E-state index in [1.54, 1.807) is 18.2 Å². The van der Waals surface area contributed by atoms with Crippen molar-refractivity contribution in [3.05, 3.63) is 59.2 Å². The summed E-state index contributed by atoms with van der Waals surface area (Å²) >= 11 is 0. The number of benzene rings is 2. The minimum atomic E-state index is -1.14. The molecular formula is C16H16N2O3. The molecule has 2 rings (SSSR count). The van der Waals surface area contributed by atoms with E-state index in [9.17, 15) is 9.59 Å². The molecule has 0 aromatic heterocycles. The molecule has 108 valence electrons. The predicted octanol–water partition coefficient (Wildman–Crippen LogP) is 2.78. The van der Waals surface area contributed by atoms with Gasteiger partial charge >= 0.3 is 5.97 Å². The average molecular weight is 284 g/mol. The van der Waals surface area contributed by atoms with Gasteiger partial charge in [-0.2, -0.15) is 0 Å². The Morgan fingerprint density at radius 1 is 1.14 bits per heavy atom. The van der Waals surface area contributed by atoms with Crippen LogP contribution in [0.2, 0.25) is 0 Å². The van der Waals surface area contributed by atoms with Crippen molar-refractivity contribution in [2.24, 2.45) is 0 Å². The molecule has 0 aliphatic carbocycles. The van der Waals surface area contributed by atoms with Gasteiger partial charge in [0.05, 0.1) is 11.3 Å². The van der Waals surface area contributed by atoms with Crippen LogP contribution in [0.3, 0.4) is 0 Å². The van der Waals surface area contributed by atoms with Crippen molar-refractivity contribution in [1.29, 1.82) is 0 Å². The van der Waals surface area contributed by atoms with Crippen molar-refractivity contribution in [2.75, 3.05) is 11.1 Å². The standard InChI is InChI=1S/C16H16N2O3/c1-2-10-3-5-11(6-4-10)15(19)18-14-8-7-12(17)9-13(14)16(20)21/h3-9H,2,17H2,1H3,(H,18,19)(H,20,21). The fourth-order valence-electron chi connectivity index (χ4n) is 1.93. The molecule has 0 unspecified atom stereocenters. The normalized spacial score (nSPS) is 10.1. The van der Waals surface area contributed by atoms with E-state index < -0.39 is 5.97 Å². The van der Waals surface area contributed by atoms with Gasteiger partial charge in [-0.15, -0.1) is 0 Å². The van der Waals surface area contributed by atoms with Crippen LogP contribution >= 0.6 is 0 Å². The average Bonchev–Trinajstić information content (AvgIpc) is 2.49. The third-order valence-electron chi connectivity index (χ3n) is 3.15. The maximum Gasteiger partial charge on any atom is 0.337 e. The zero-order valence-corrected chi connectivity index (χ0v) is 11.6. The van der Waals surface area contributed by atoms with Gasteiger partial charge in [0, 0.05) is 11.3 Å². The van der Waals surface area contributed by atoms with Crippen LogP contribution < -0.4 is 11.1 Å². The summed E-state index contributed by atoms with van der Waals surface area (Å²) in [5.74, 6) is -1.50. The van der Waals surface area contributed by atoms with E-state index in [-0.39, 0.29) is 17.2 Å². The molecule has 4 N–H and O–H groups in total. The number of carboxylic acid groups (broad SMARTS) is 1. The molecule has 2 aromatic rings. The fraction of sp³-hybridized carbons (Fsp3) is 0.125. The highest BCUT2D eigenvalue weighted by atomic mass is 16.4. The smallest absolute Gasteiger partial charge is 0.337 e.